The Kier molecular flexibility index (Phi) is 6.84. The first-order valence-electron chi connectivity index (χ1n) is 7.31. The Bertz CT molecular complexity index is 528. The van der Waals surface area contributed by atoms with Crippen molar-refractivity contribution in [3.05, 3.63) is 29.3 Å². The van der Waals surface area contributed by atoms with Crippen LogP contribution in [0.1, 0.15) is 30.4 Å². The molecule has 0 aliphatic carbocycles. The van der Waals surface area contributed by atoms with Gasteiger partial charge in [-0.05, 0) is 56.5 Å². The Balaban J connectivity index is 0.00000242. The van der Waals surface area contributed by atoms with Gasteiger partial charge in [-0.15, -0.1) is 12.4 Å². The number of nitrogens with one attached hydrogen (secondary N) is 1. The largest absolute Gasteiger partial charge is 0.480 e. The van der Waals surface area contributed by atoms with E-state index in [0.717, 1.165) is 29.7 Å². The van der Waals surface area contributed by atoms with E-state index in [2.05, 4.69) is 5.32 Å². The first-order chi connectivity index (χ1) is 9.95. The number of amides is 1. The summed E-state index contributed by atoms with van der Waals surface area (Å²) in [5.41, 5.74) is 2.94. The normalized spacial score (nSPS) is 18.4. The van der Waals surface area contributed by atoms with Crippen molar-refractivity contribution < 1.29 is 14.7 Å². The molecule has 1 saturated heterocycles. The van der Waals surface area contributed by atoms with Crippen LogP contribution in [0.5, 0.6) is 0 Å². The molecule has 1 aromatic rings. The highest BCUT2D eigenvalue weighted by atomic mass is 35.5. The average molecular weight is 327 g/mol. The summed E-state index contributed by atoms with van der Waals surface area (Å²) in [6.45, 7) is 4.75. The summed E-state index contributed by atoms with van der Waals surface area (Å²) in [4.78, 5) is 25.1. The van der Waals surface area contributed by atoms with Crippen LogP contribution in [-0.4, -0.2) is 41.0 Å². The van der Waals surface area contributed by atoms with Gasteiger partial charge in [-0.25, -0.2) is 0 Å². The molecule has 1 aromatic carbocycles. The minimum Gasteiger partial charge on any atom is -0.480 e. The van der Waals surface area contributed by atoms with Crippen molar-refractivity contribution in [1.82, 2.24) is 4.90 Å². The number of nitrogens with zero attached hydrogens (tertiary/aromatic N) is 1. The van der Waals surface area contributed by atoms with Crippen LogP contribution in [0.2, 0.25) is 0 Å². The maximum absolute atomic E-state index is 12.1. The molecule has 1 heterocycles. The zero-order valence-corrected chi connectivity index (χ0v) is 13.8. The van der Waals surface area contributed by atoms with Crippen molar-refractivity contribution in [2.45, 2.75) is 39.2 Å². The molecule has 2 rings (SSSR count). The number of likely N-dealkylation sites (tertiary alicyclic amines) is 1. The third kappa shape index (κ3) is 5.00. The van der Waals surface area contributed by atoms with E-state index >= 15 is 0 Å². The monoisotopic (exact) mass is 326 g/mol. The number of carbonyl (C=O) groups is 2. The Morgan fingerprint density at radius 3 is 2.45 bits per heavy atom. The van der Waals surface area contributed by atoms with Crippen molar-refractivity contribution in [3.63, 3.8) is 0 Å². The molecule has 22 heavy (non-hydrogen) atoms. The smallest absolute Gasteiger partial charge is 0.320 e. The summed E-state index contributed by atoms with van der Waals surface area (Å²) < 4.78 is 0. The van der Waals surface area contributed by atoms with Gasteiger partial charge in [0.15, 0.2) is 0 Å². The molecule has 1 amide bonds. The first-order valence-corrected chi connectivity index (χ1v) is 7.31. The van der Waals surface area contributed by atoms with Crippen LogP contribution < -0.4 is 5.32 Å². The average Bonchev–Trinajstić information content (AvgIpc) is 2.37. The predicted octanol–water partition coefficient (Wildman–Crippen LogP) is 2.60. The van der Waals surface area contributed by atoms with Gasteiger partial charge in [-0.3, -0.25) is 14.5 Å². The molecule has 6 heteroatoms. The van der Waals surface area contributed by atoms with Gasteiger partial charge in [0.05, 0.1) is 6.54 Å². The van der Waals surface area contributed by atoms with Crippen LogP contribution >= 0.6 is 12.4 Å². The number of carboxylic acid groups (broad SMARTS) is 1. The van der Waals surface area contributed by atoms with Gasteiger partial charge in [-0.1, -0.05) is 12.5 Å². The van der Waals surface area contributed by atoms with Crippen molar-refractivity contribution in [2.75, 3.05) is 18.4 Å². The van der Waals surface area contributed by atoms with Crippen molar-refractivity contribution >= 4 is 30.0 Å². The third-order valence-corrected chi connectivity index (χ3v) is 3.75. The number of carbonyl (C=O) groups excluding carboxylic acids is 1. The maximum Gasteiger partial charge on any atom is 0.320 e. The second-order valence-electron chi connectivity index (χ2n) is 5.74. The Hall–Kier alpha value is -1.59. The maximum atomic E-state index is 12.1. The van der Waals surface area contributed by atoms with E-state index in [1.165, 1.54) is 0 Å². The van der Waals surface area contributed by atoms with Gasteiger partial charge in [0.1, 0.15) is 6.04 Å². The summed E-state index contributed by atoms with van der Waals surface area (Å²) in [5.74, 6) is -0.998. The van der Waals surface area contributed by atoms with Crippen LogP contribution in [0.3, 0.4) is 0 Å². The molecule has 0 bridgehead atoms. The molecule has 1 unspecified atom stereocenters. The highest BCUT2D eigenvalue weighted by Gasteiger charge is 2.29. The fourth-order valence-corrected chi connectivity index (χ4v) is 2.89. The lowest BCUT2D eigenvalue weighted by Gasteiger charge is -2.32. The molecular weight excluding hydrogens is 304 g/mol. The van der Waals surface area contributed by atoms with E-state index in [4.69, 9.17) is 0 Å². The lowest BCUT2D eigenvalue weighted by Crippen LogP contribution is -2.47. The van der Waals surface area contributed by atoms with Crippen LogP contribution in [0.25, 0.3) is 0 Å². The Labute approximate surface area is 137 Å². The SMILES string of the molecule is Cc1cc(C)cc(NC(=O)CN2CCCCC2C(=O)O)c1.Cl. The molecule has 0 spiro atoms. The van der Waals surface area contributed by atoms with Gasteiger partial charge in [0, 0.05) is 5.69 Å². The van der Waals surface area contributed by atoms with Crippen molar-refractivity contribution in [1.29, 1.82) is 0 Å². The van der Waals surface area contributed by atoms with Crippen molar-refractivity contribution in [3.8, 4) is 0 Å². The van der Waals surface area contributed by atoms with Gasteiger partial charge >= 0.3 is 5.97 Å². The number of piperidine rings is 1. The van der Waals surface area contributed by atoms with Gasteiger partial charge in [0.25, 0.3) is 0 Å². The number of rotatable bonds is 4. The molecule has 122 valence electrons. The Morgan fingerprint density at radius 1 is 1.23 bits per heavy atom. The molecule has 2 N–H and O–H groups in total. The number of anilines is 1. The second-order valence-corrected chi connectivity index (χ2v) is 5.74. The van der Waals surface area contributed by atoms with Crippen LogP contribution in [0.4, 0.5) is 5.69 Å². The van der Waals surface area contributed by atoms with E-state index in [-0.39, 0.29) is 24.9 Å². The number of aryl methyl sites for hydroxylation is 2. The molecule has 1 fully saturated rings. The Morgan fingerprint density at radius 2 is 1.86 bits per heavy atom. The summed E-state index contributed by atoms with van der Waals surface area (Å²) in [5, 5.41) is 12.1. The highest BCUT2D eigenvalue weighted by molar-refractivity contribution is 5.92. The first kappa shape index (κ1) is 18.5. The second kappa shape index (κ2) is 8.15. The number of aliphatic carboxylic acids is 1. The highest BCUT2D eigenvalue weighted by Crippen LogP contribution is 2.18. The van der Waals surface area contributed by atoms with Crippen LogP contribution in [0, 0.1) is 13.8 Å². The summed E-state index contributed by atoms with van der Waals surface area (Å²) in [7, 11) is 0. The van der Waals surface area contributed by atoms with Gasteiger partial charge in [-0.2, -0.15) is 0 Å². The summed E-state index contributed by atoms with van der Waals surface area (Å²) in [6.07, 6.45) is 2.47. The molecule has 1 aliphatic rings. The van der Waals surface area contributed by atoms with E-state index in [0.29, 0.717) is 13.0 Å². The van der Waals surface area contributed by atoms with E-state index in [1.807, 2.05) is 32.0 Å². The summed E-state index contributed by atoms with van der Waals surface area (Å²) >= 11 is 0. The predicted molar refractivity (Wildman–Crippen MR) is 88.6 cm³/mol. The zero-order chi connectivity index (χ0) is 15.4. The molecule has 0 saturated carbocycles. The number of hydrogen-bond acceptors (Lipinski definition) is 3. The molecule has 1 aliphatic heterocycles. The standard InChI is InChI=1S/C16H22N2O3.ClH/c1-11-7-12(2)9-13(8-11)17-15(19)10-18-6-4-3-5-14(18)16(20)21;/h7-9,14H,3-6,10H2,1-2H3,(H,17,19)(H,20,21);1H. The molecular formula is C16H23ClN2O3. The quantitative estimate of drug-likeness (QED) is 0.892. The molecule has 5 nitrogen and oxygen atoms in total. The van der Waals surface area contributed by atoms with Crippen LogP contribution in [-0.2, 0) is 9.59 Å². The van der Waals surface area contributed by atoms with Crippen LogP contribution in [0.15, 0.2) is 18.2 Å². The number of benzene rings is 1. The third-order valence-electron chi connectivity index (χ3n) is 3.75. The lowest BCUT2D eigenvalue weighted by atomic mass is 10.0. The lowest BCUT2D eigenvalue weighted by molar-refractivity contribution is -0.145. The molecule has 1 atom stereocenters. The minimum atomic E-state index is -0.839. The van der Waals surface area contributed by atoms with E-state index < -0.39 is 12.0 Å². The number of halogens is 1. The minimum absolute atomic E-state index is 0. The number of hydrogen-bond donors (Lipinski definition) is 2. The van der Waals surface area contributed by atoms with E-state index in [1.54, 1.807) is 4.90 Å². The molecule has 0 aromatic heterocycles. The molecule has 0 radical (unpaired) electrons. The fourth-order valence-electron chi connectivity index (χ4n) is 2.89. The number of carboxylic acids is 1. The van der Waals surface area contributed by atoms with Gasteiger partial charge < -0.3 is 10.4 Å². The van der Waals surface area contributed by atoms with Crippen molar-refractivity contribution in [2.24, 2.45) is 0 Å². The fraction of sp³-hybridized carbons (Fsp3) is 0.500. The van der Waals surface area contributed by atoms with E-state index in [9.17, 15) is 14.7 Å². The summed E-state index contributed by atoms with van der Waals surface area (Å²) in [6, 6.07) is 5.33. The zero-order valence-electron chi connectivity index (χ0n) is 13.0. The van der Waals surface area contributed by atoms with Gasteiger partial charge in [0.2, 0.25) is 5.91 Å². The topological polar surface area (TPSA) is 69.6 Å².